The molecule has 0 fully saturated rings. The normalized spacial score (nSPS) is 10.8. The van der Waals surface area contributed by atoms with Crippen molar-refractivity contribution in [3.63, 3.8) is 0 Å². The first-order valence-corrected chi connectivity index (χ1v) is 8.04. The number of benzene rings is 1. The highest BCUT2D eigenvalue weighted by Crippen LogP contribution is 2.34. The maximum atomic E-state index is 12.8. The molecule has 0 aliphatic carbocycles. The summed E-state index contributed by atoms with van der Waals surface area (Å²) in [7, 11) is 0. The number of aromatic hydroxyl groups is 1. The second-order valence-electron chi connectivity index (χ2n) is 5.35. The van der Waals surface area contributed by atoms with Crippen LogP contribution >= 0.6 is 11.6 Å². The standard InChI is InChI=1S/C17H15ClN4O3/c1-2-5-21-17(25)22-13-8-10(18)3-4-11(13)14(16(22)24)15(23)12-9-19-6-7-20-12/h3-4,6-9,24H,2,5H2,1H3,(H,21,25). The third-order valence-electron chi connectivity index (χ3n) is 3.66. The van der Waals surface area contributed by atoms with Crippen molar-refractivity contribution in [1.29, 1.82) is 0 Å². The Kier molecular flexibility index (Phi) is 4.67. The van der Waals surface area contributed by atoms with Gasteiger partial charge in [0.15, 0.2) is 0 Å². The molecule has 7 nitrogen and oxygen atoms in total. The van der Waals surface area contributed by atoms with Crippen molar-refractivity contribution in [1.82, 2.24) is 19.9 Å². The molecule has 2 N–H and O–H groups in total. The topological polar surface area (TPSA) is 97.1 Å². The van der Waals surface area contributed by atoms with Crippen molar-refractivity contribution in [2.45, 2.75) is 13.3 Å². The quantitative estimate of drug-likeness (QED) is 0.699. The van der Waals surface area contributed by atoms with Gasteiger partial charge in [0.05, 0.1) is 17.3 Å². The molecule has 0 saturated carbocycles. The van der Waals surface area contributed by atoms with Crippen LogP contribution < -0.4 is 5.32 Å². The Balaban J connectivity index is 2.21. The van der Waals surface area contributed by atoms with Crippen molar-refractivity contribution < 1.29 is 14.7 Å². The first-order valence-electron chi connectivity index (χ1n) is 7.66. The summed E-state index contributed by atoms with van der Waals surface area (Å²) in [4.78, 5) is 33.0. The lowest BCUT2D eigenvalue weighted by atomic mass is 10.1. The van der Waals surface area contributed by atoms with Crippen LogP contribution in [0.25, 0.3) is 10.9 Å². The van der Waals surface area contributed by atoms with Crippen LogP contribution in [0.5, 0.6) is 5.88 Å². The molecule has 0 saturated heterocycles. The molecule has 2 heterocycles. The van der Waals surface area contributed by atoms with Gasteiger partial charge in [-0.15, -0.1) is 0 Å². The summed E-state index contributed by atoms with van der Waals surface area (Å²) in [6.45, 7) is 2.35. The van der Waals surface area contributed by atoms with Gasteiger partial charge in [-0.25, -0.2) is 14.3 Å². The Morgan fingerprint density at radius 2 is 2.12 bits per heavy atom. The molecule has 0 aliphatic rings. The van der Waals surface area contributed by atoms with Crippen LogP contribution in [0.3, 0.4) is 0 Å². The van der Waals surface area contributed by atoms with E-state index in [-0.39, 0.29) is 11.3 Å². The Morgan fingerprint density at radius 1 is 1.32 bits per heavy atom. The van der Waals surface area contributed by atoms with Crippen molar-refractivity contribution in [2.75, 3.05) is 6.54 Å². The van der Waals surface area contributed by atoms with E-state index in [1.807, 2.05) is 6.92 Å². The molecular weight excluding hydrogens is 344 g/mol. The Labute approximate surface area is 148 Å². The van der Waals surface area contributed by atoms with E-state index in [0.29, 0.717) is 22.5 Å². The Morgan fingerprint density at radius 3 is 2.80 bits per heavy atom. The smallest absolute Gasteiger partial charge is 0.328 e. The average molecular weight is 359 g/mol. The van der Waals surface area contributed by atoms with E-state index < -0.39 is 17.7 Å². The van der Waals surface area contributed by atoms with Crippen molar-refractivity contribution in [3.8, 4) is 5.88 Å². The van der Waals surface area contributed by atoms with Crippen molar-refractivity contribution in [2.24, 2.45) is 0 Å². The lowest BCUT2D eigenvalue weighted by Crippen LogP contribution is -2.28. The molecule has 25 heavy (non-hydrogen) atoms. The molecule has 8 heteroatoms. The molecule has 0 unspecified atom stereocenters. The number of nitrogens with zero attached hydrogens (tertiary/aromatic N) is 3. The van der Waals surface area contributed by atoms with Crippen LogP contribution in [0, 0.1) is 0 Å². The number of hydrogen-bond donors (Lipinski definition) is 2. The minimum Gasteiger partial charge on any atom is -0.494 e. The van der Waals surface area contributed by atoms with Gasteiger partial charge in [0.2, 0.25) is 11.7 Å². The highest BCUT2D eigenvalue weighted by molar-refractivity contribution is 6.31. The fraction of sp³-hybridized carbons (Fsp3) is 0.176. The van der Waals surface area contributed by atoms with Crippen LogP contribution in [0.2, 0.25) is 5.02 Å². The second kappa shape index (κ2) is 6.90. The zero-order chi connectivity index (χ0) is 18.0. The number of carbonyl (C=O) groups excluding carboxylic acids is 2. The van der Waals surface area contributed by atoms with Gasteiger partial charge in [-0.3, -0.25) is 9.78 Å². The predicted octanol–water partition coefficient (Wildman–Crippen LogP) is 2.99. The van der Waals surface area contributed by atoms with Crippen LogP contribution in [0.4, 0.5) is 4.79 Å². The van der Waals surface area contributed by atoms with Gasteiger partial charge < -0.3 is 10.4 Å². The summed E-state index contributed by atoms with van der Waals surface area (Å²) in [5.74, 6) is -0.985. The summed E-state index contributed by atoms with van der Waals surface area (Å²) in [5, 5.41) is 14.1. The lowest BCUT2D eigenvalue weighted by Gasteiger charge is -2.07. The fourth-order valence-corrected chi connectivity index (χ4v) is 2.70. The zero-order valence-electron chi connectivity index (χ0n) is 13.4. The first kappa shape index (κ1) is 16.9. The van der Waals surface area contributed by atoms with Crippen molar-refractivity contribution >= 4 is 34.3 Å². The van der Waals surface area contributed by atoms with E-state index in [4.69, 9.17) is 11.6 Å². The zero-order valence-corrected chi connectivity index (χ0v) is 14.1. The number of carbonyl (C=O) groups is 2. The van der Waals surface area contributed by atoms with Crippen molar-refractivity contribution in [3.05, 3.63) is 53.1 Å². The molecule has 128 valence electrons. The Hall–Kier alpha value is -2.93. The molecule has 0 atom stereocenters. The summed E-state index contributed by atoms with van der Waals surface area (Å²) < 4.78 is 1.04. The van der Waals surface area contributed by atoms with Gasteiger partial charge in [0.1, 0.15) is 5.69 Å². The number of ketones is 1. The van der Waals surface area contributed by atoms with E-state index in [2.05, 4.69) is 15.3 Å². The maximum Gasteiger partial charge on any atom is 0.328 e. The number of fused-ring (bicyclic) bond motifs is 1. The number of amides is 1. The molecular formula is C17H15ClN4O3. The lowest BCUT2D eigenvalue weighted by molar-refractivity contribution is 0.103. The van der Waals surface area contributed by atoms with E-state index >= 15 is 0 Å². The number of nitrogens with one attached hydrogen (secondary N) is 1. The highest BCUT2D eigenvalue weighted by Gasteiger charge is 2.27. The molecule has 0 aliphatic heterocycles. The second-order valence-corrected chi connectivity index (χ2v) is 5.78. The number of halogens is 1. The minimum atomic E-state index is -0.537. The van der Waals surface area contributed by atoms with Gasteiger partial charge in [-0.1, -0.05) is 24.6 Å². The van der Waals surface area contributed by atoms with E-state index in [1.165, 1.54) is 24.7 Å². The van der Waals surface area contributed by atoms with Crippen LogP contribution in [0.15, 0.2) is 36.8 Å². The van der Waals surface area contributed by atoms with E-state index in [1.54, 1.807) is 12.1 Å². The van der Waals surface area contributed by atoms with E-state index in [9.17, 15) is 14.7 Å². The van der Waals surface area contributed by atoms with Crippen LogP contribution in [-0.4, -0.2) is 38.0 Å². The SMILES string of the molecule is CCCNC(=O)n1c(O)c(C(=O)c2cnccn2)c2ccc(Cl)cc21. The molecule has 3 aromatic rings. The number of rotatable bonds is 4. The van der Waals surface area contributed by atoms with Gasteiger partial charge >= 0.3 is 6.03 Å². The third kappa shape index (κ3) is 3.06. The highest BCUT2D eigenvalue weighted by atomic mass is 35.5. The molecule has 3 rings (SSSR count). The summed E-state index contributed by atoms with van der Waals surface area (Å²) >= 11 is 6.02. The third-order valence-corrected chi connectivity index (χ3v) is 3.89. The summed E-state index contributed by atoms with van der Waals surface area (Å²) in [5.41, 5.74) is 0.394. The predicted molar refractivity (Wildman–Crippen MR) is 93.2 cm³/mol. The molecule has 0 radical (unpaired) electrons. The van der Waals surface area contributed by atoms with E-state index in [0.717, 1.165) is 11.0 Å². The molecule has 0 spiro atoms. The summed E-state index contributed by atoms with van der Waals surface area (Å²) in [6.07, 6.45) is 4.86. The largest absolute Gasteiger partial charge is 0.494 e. The minimum absolute atomic E-state index is 0.0150. The molecule has 0 bridgehead atoms. The van der Waals surface area contributed by atoms with Crippen LogP contribution in [-0.2, 0) is 0 Å². The molecule has 1 aromatic carbocycles. The van der Waals surface area contributed by atoms with Gasteiger partial charge in [-0.2, -0.15) is 0 Å². The van der Waals surface area contributed by atoms with Gasteiger partial charge in [-0.05, 0) is 18.6 Å². The number of aromatic nitrogens is 3. The van der Waals surface area contributed by atoms with Crippen LogP contribution in [0.1, 0.15) is 29.4 Å². The number of hydrogen-bond acceptors (Lipinski definition) is 5. The first-order chi connectivity index (χ1) is 12.0. The van der Waals surface area contributed by atoms with Gasteiger partial charge in [0.25, 0.3) is 0 Å². The maximum absolute atomic E-state index is 12.8. The summed E-state index contributed by atoms with van der Waals surface area (Å²) in [6, 6.07) is 4.16. The fourth-order valence-electron chi connectivity index (χ4n) is 2.53. The Bertz CT molecular complexity index is 953. The monoisotopic (exact) mass is 358 g/mol. The van der Waals surface area contributed by atoms with Gasteiger partial charge in [0, 0.05) is 29.3 Å². The molecule has 2 aromatic heterocycles. The molecule has 1 amide bonds. The average Bonchev–Trinajstić information content (AvgIpc) is 2.91.